The standard InChI is InChI=1S/C11H22N2/c1-2-6-12(7-3-1)8-4-9-13-10-5-11-13/h1-11H2. The second-order valence-corrected chi connectivity index (χ2v) is 4.45. The summed E-state index contributed by atoms with van der Waals surface area (Å²) in [4.78, 5) is 5.22. The minimum atomic E-state index is 1.34. The van der Waals surface area contributed by atoms with Crippen molar-refractivity contribution in [2.75, 3.05) is 39.3 Å². The van der Waals surface area contributed by atoms with Gasteiger partial charge < -0.3 is 9.80 Å². The molecule has 2 nitrogen and oxygen atoms in total. The summed E-state index contributed by atoms with van der Waals surface area (Å²) in [5.41, 5.74) is 0. The Bertz CT molecular complexity index is 137. The van der Waals surface area contributed by atoms with Gasteiger partial charge in [-0.25, -0.2) is 0 Å². The number of rotatable bonds is 4. The molecular weight excluding hydrogens is 160 g/mol. The van der Waals surface area contributed by atoms with E-state index in [9.17, 15) is 0 Å². The monoisotopic (exact) mass is 182 g/mol. The lowest BCUT2D eigenvalue weighted by atomic mass is 10.1. The highest BCUT2D eigenvalue weighted by molar-refractivity contribution is 4.70. The summed E-state index contributed by atoms with van der Waals surface area (Å²) in [6, 6.07) is 0. The number of hydrogen-bond acceptors (Lipinski definition) is 2. The third-order valence-electron chi connectivity index (χ3n) is 3.35. The van der Waals surface area contributed by atoms with Crippen molar-refractivity contribution < 1.29 is 0 Å². The number of piperidine rings is 1. The molecule has 2 heterocycles. The normalized spacial score (nSPS) is 25.8. The maximum absolute atomic E-state index is 2.64. The maximum atomic E-state index is 2.64. The minimum absolute atomic E-state index is 1.34. The molecule has 2 fully saturated rings. The van der Waals surface area contributed by atoms with Crippen molar-refractivity contribution in [2.45, 2.75) is 32.1 Å². The van der Waals surface area contributed by atoms with E-state index in [2.05, 4.69) is 9.80 Å². The van der Waals surface area contributed by atoms with Gasteiger partial charge in [-0.3, -0.25) is 0 Å². The third-order valence-corrected chi connectivity index (χ3v) is 3.35. The van der Waals surface area contributed by atoms with Crippen molar-refractivity contribution in [2.24, 2.45) is 0 Å². The zero-order valence-electron chi connectivity index (χ0n) is 8.67. The van der Waals surface area contributed by atoms with Crippen LogP contribution in [-0.4, -0.2) is 49.1 Å². The van der Waals surface area contributed by atoms with E-state index in [0.717, 1.165) is 0 Å². The summed E-state index contributed by atoms with van der Waals surface area (Å²) in [7, 11) is 0. The molecular formula is C11H22N2. The Kier molecular flexibility index (Phi) is 3.62. The predicted molar refractivity (Wildman–Crippen MR) is 56.0 cm³/mol. The molecule has 0 N–H and O–H groups in total. The van der Waals surface area contributed by atoms with Crippen LogP contribution in [0.3, 0.4) is 0 Å². The molecule has 0 amide bonds. The van der Waals surface area contributed by atoms with Gasteiger partial charge >= 0.3 is 0 Å². The lowest BCUT2D eigenvalue weighted by Gasteiger charge is -2.32. The van der Waals surface area contributed by atoms with Gasteiger partial charge in [0.05, 0.1) is 0 Å². The van der Waals surface area contributed by atoms with E-state index in [-0.39, 0.29) is 0 Å². The number of likely N-dealkylation sites (tertiary alicyclic amines) is 2. The number of hydrogen-bond donors (Lipinski definition) is 0. The first-order chi connectivity index (χ1) is 6.45. The Hall–Kier alpha value is -0.0800. The zero-order valence-corrected chi connectivity index (χ0v) is 8.67. The summed E-state index contributed by atoms with van der Waals surface area (Å²) < 4.78 is 0. The highest BCUT2D eigenvalue weighted by atomic mass is 15.2. The van der Waals surface area contributed by atoms with Crippen molar-refractivity contribution in [1.82, 2.24) is 9.80 Å². The fourth-order valence-corrected chi connectivity index (χ4v) is 2.31. The van der Waals surface area contributed by atoms with Crippen LogP contribution in [0.5, 0.6) is 0 Å². The van der Waals surface area contributed by atoms with E-state index in [1.54, 1.807) is 0 Å². The van der Waals surface area contributed by atoms with Crippen molar-refractivity contribution in [3.63, 3.8) is 0 Å². The molecule has 76 valence electrons. The summed E-state index contributed by atoms with van der Waals surface area (Å²) in [6.07, 6.45) is 7.15. The molecule has 13 heavy (non-hydrogen) atoms. The van der Waals surface area contributed by atoms with Gasteiger partial charge in [0, 0.05) is 0 Å². The fourth-order valence-electron chi connectivity index (χ4n) is 2.31. The molecule has 0 aromatic rings. The van der Waals surface area contributed by atoms with E-state index >= 15 is 0 Å². The fraction of sp³-hybridized carbons (Fsp3) is 1.00. The molecule has 2 saturated heterocycles. The van der Waals surface area contributed by atoms with Gasteiger partial charge in [0.2, 0.25) is 0 Å². The molecule has 0 aromatic carbocycles. The quantitative estimate of drug-likeness (QED) is 0.651. The van der Waals surface area contributed by atoms with E-state index < -0.39 is 0 Å². The van der Waals surface area contributed by atoms with Gasteiger partial charge in [0.1, 0.15) is 0 Å². The second-order valence-electron chi connectivity index (χ2n) is 4.45. The topological polar surface area (TPSA) is 6.48 Å². The van der Waals surface area contributed by atoms with Crippen LogP contribution in [0.15, 0.2) is 0 Å². The smallest absolute Gasteiger partial charge is 0.000653 e. The highest BCUT2D eigenvalue weighted by Gasteiger charge is 2.14. The molecule has 0 bridgehead atoms. The van der Waals surface area contributed by atoms with Gasteiger partial charge in [-0.15, -0.1) is 0 Å². The first-order valence-electron chi connectivity index (χ1n) is 5.90. The lowest BCUT2D eigenvalue weighted by molar-refractivity contribution is 0.159. The maximum Gasteiger partial charge on any atom is -0.000653 e. The van der Waals surface area contributed by atoms with Gasteiger partial charge in [-0.1, -0.05) is 6.42 Å². The molecule has 0 spiro atoms. The summed E-state index contributed by atoms with van der Waals surface area (Å²) in [5, 5.41) is 0. The van der Waals surface area contributed by atoms with Crippen LogP contribution in [-0.2, 0) is 0 Å². The summed E-state index contributed by atoms with van der Waals surface area (Å²) in [5.74, 6) is 0. The zero-order chi connectivity index (χ0) is 8.93. The van der Waals surface area contributed by atoms with Crippen LogP contribution in [0.25, 0.3) is 0 Å². The molecule has 2 heteroatoms. The molecule has 0 saturated carbocycles. The van der Waals surface area contributed by atoms with Crippen molar-refractivity contribution in [3.05, 3.63) is 0 Å². The second kappa shape index (κ2) is 4.97. The van der Waals surface area contributed by atoms with Gasteiger partial charge in [-0.05, 0) is 65.0 Å². The van der Waals surface area contributed by atoms with Crippen LogP contribution < -0.4 is 0 Å². The van der Waals surface area contributed by atoms with Crippen LogP contribution >= 0.6 is 0 Å². The Labute approximate surface area is 81.9 Å². The Morgan fingerprint density at radius 3 is 1.62 bits per heavy atom. The van der Waals surface area contributed by atoms with Gasteiger partial charge in [0.25, 0.3) is 0 Å². The number of nitrogens with zero attached hydrogens (tertiary/aromatic N) is 2. The van der Waals surface area contributed by atoms with Gasteiger partial charge in [0.15, 0.2) is 0 Å². The molecule has 0 aliphatic carbocycles. The van der Waals surface area contributed by atoms with Crippen molar-refractivity contribution in [3.8, 4) is 0 Å². The summed E-state index contributed by atoms with van der Waals surface area (Å²) in [6.45, 7) is 8.13. The van der Waals surface area contributed by atoms with E-state index in [0.29, 0.717) is 0 Å². The van der Waals surface area contributed by atoms with Crippen molar-refractivity contribution in [1.29, 1.82) is 0 Å². The third kappa shape index (κ3) is 2.96. The molecule has 0 atom stereocenters. The first-order valence-corrected chi connectivity index (χ1v) is 5.90. The van der Waals surface area contributed by atoms with E-state index in [1.807, 2.05) is 0 Å². The molecule has 2 aliphatic rings. The molecule has 0 radical (unpaired) electrons. The van der Waals surface area contributed by atoms with Crippen molar-refractivity contribution >= 4 is 0 Å². The highest BCUT2D eigenvalue weighted by Crippen LogP contribution is 2.10. The summed E-state index contributed by atoms with van der Waals surface area (Å²) >= 11 is 0. The first kappa shape index (κ1) is 9.47. The minimum Gasteiger partial charge on any atom is -0.303 e. The van der Waals surface area contributed by atoms with E-state index in [1.165, 1.54) is 71.4 Å². The lowest BCUT2D eigenvalue weighted by Crippen LogP contribution is -2.39. The Morgan fingerprint density at radius 1 is 0.615 bits per heavy atom. The SMILES string of the molecule is C1CCN(CCCN2CCC2)CC1. The average molecular weight is 182 g/mol. The average Bonchev–Trinajstić information content (AvgIpc) is 2.11. The van der Waals surface area contributed by atoms with Gasteiger partial charge in [-0.2, -0.15) is 0 Å². The Balaban J connectivity index is 1.50. The molecule has 2 aliphatic heterocycles. The van der Waals surface area contributed by atoms with E-state index in [4.69, 9.17) is 0 Å². The molecule has 0 aromatic heterocycles. The Morgan fingerprint density at radius 2 is 1.15 bits per heavy atom. The molecule has 0 unspecified atom stereocenters. The van der Waals surface area contributed by atoms with Crippen LogP contribution in [0.4, 0.5) is 0 Å². The largest absolute Gasteiger partial charge is 0.303 e. The van der Waals surface area contributed by atoms with Crippen LogP contribution in [0.1, 0.15) is 32.1 Å². The van der Waals surface area contributed by atoms with Crippen LogP contribution in [0.2, 0.25) is 0 Å². The molecule has 2 rings (SSSR count). The predicted octanol–water partition coefficient (Wildman–Crippen LogP) is 1.57. The van der Waals surface area contributed by atoms with Crippen LogP contribution in [0, 0.1) is 0 Å².